The normalized spacial score (nSPS) is 7.33. The summed E-state index contributed by atoms with van der Waals surface area (Å²) in [5, 5.41) is 19.1. The molecule has 5 heteroatoms. The van der Waals surface area contributed by atoms with Gasteiger partial charge in [0, 0.05) is 13.1 Å². The Bertz CT molecular complexity index is 31.7. The zero-order chi connectivity index (χ0) is 5.54. The molecule has 0 saturated heterocycles. The van der Waals surface area contributed by atoms with Crippen LogP contribution in [0.5, 0.6) is 0 Å². The highest BCUT2D eigenvalue weighted by atomic mass is 16.3. The lowest BCUT2D eigenvalue weighted by atomic mass is 10.6. The van der Waals surface area contributed by atoms with Crippen LogP contribution in [0.2, 0.25) is 0 Å². The van der Waals surface area contributed by atoms with Crippen LogP contribution in [0.4, 0.5) is 0 Å². The van der Waals surface area contributed by atoms with Gasteiger partial charge in [-0.15, -0.1) is 0 Å². The van der Waals surface area contributed by atoms with Crippen LogP contribution in [0.25, 0.3) is 0 Å². The third-order valence-electron chi connectivity index (χ3n) is 0.577. The van der Waals surface area contributed by atoms with Crippen LogP contribution in [-0.2, 0) is 0 Å². The van der Waals surface area contributed by atoms with Gasteiger partial charge in [-0.1, -0.05) is 0 Å². The molecule has 0 heterocycles. The second kappa shape index (κ2) is 15.7. The summed E-state index contributed by atoms with van der Waals surface area (Å²) in [6.45, 7) is 1.42. The maximum absolute atomic E-state index is 8.15. The van der Waals surface area contributed by atoms with Gasteiger partial charge in [0.2, 0.25) is 0 Å². The topological polar surface area (TPSA) is 115 Å². The Morgan fingerprint density at radius 2 is 1.22 bits per heavy atom. The van der Waals surface area contributed by atoms with E-state index < -0.39 is 0 Å². The van der Waals surface area contributed by atoms with Crippen LogP contribution < -0.4 is 5.32 Å². The average molecular weight is 141 g/mol. The van der Waals surface area contributed by atoms with Gasteiger partial charge in [0.05, 0.1) is 13.2 Å². The highest BCUT2D eigenvalue weighted by Crippen LogP contribution is 1.54. The first-order chi connectivity index (χ1) is 3.41. The predicted octanol–water partition coefficient (Wildman–Crippen LogP) is -3.09. The molecule has 0 aromatic heterocycles. The molecule has 7 N–H and O–H groups in total. The lowest BCUT2D eigenvalue weighted by Crippen LogP contribution is -2.21. The van der Waals surface area contributed by atoms with Crippen molar-refractivity contribution in [3.8, 4) is 0 Å². The molecule has 0 rings (SSSR count). The van der Waals surface area contributed by atoms with E-state index in [1.54, 1.807) is 0 Å². The van der Waals surface area contributed by atoms with Gasteiger partial charge in [-0.05, 0) is 0 Å². The fourth-order valence-electron chi connectivity index (χ4n) is 0.283. The van der Waals surface area contributed by atoms with Gasteiger partial charge in [0.1, 0.15) is 0 Å². The number of hydrogen-bond acceptors (Lipinski definition) is 3. The Morgan fingerprint density at radius 1 is 0.889 bits per heavy atom. The van der Waals surface area contributed by atoms with Crippen molar-refractivity contribution in [1.29, 1.82) is 0 Å². The lowest BCUT2D eigenvalue weighted by molar-refractivity contribution is 0.267. The maximum Gasteiger partial charge on any atom is 0.0555 e. The first-order valence-electron chi connectivity index (χ1n) is 2.34. The first-order valence-corrected chi connectivity index (χ1v) is 2.34. The van der Waals surface area contributed by atoms with Crippen LogP contribution >= 0.6 is 0 Å². The number of rotatable bonds is 4. The van der Waals surface area contributed by atoms with E-state index in [1.165, 1.54) is 0 Å². The van der Waals surface area contributed by atoms with Crippen molar-refractivity contribution in [1.82, 2.24) is 5.32 Å². The van der Waals surface area contributed by atoms with Crippen molar-refractivity contribution in [3.05, 3.63) is 0 Å². The molecule has 0 aliphatic heterocycles. The molecule has 0 aliphatic rings. The maximum atomic E-state index is 8.15. The Balaban J connectivity index is -0.000000180. The van der Waals surface area contributed by atoms with E-state index in [4.69, 9.17) is 10.2 Å². The second-order valence-corrected chi connectivity index (χ2v) is 1.20. The number of aliphatic hydroxyl groups excluding tert-OH is 2. The molecule has 0 unspecified atom stereocenters. The minimum atomic E-state index is 0. The van der Waals surface area contributed by atoms with Crippen LogP contribution in [0, 0.1) is 0 Å². The molecule has 0 spiro atoms. The summed E-state index contributed by atoms with van der Waals surface area (Å²) in [6.07, 6.45) is 0. The SMILES string of the molecule is O.O.OCCNCCO. The molecular formula is C4H15NO4. The second-order valence-electron chi connectivity index (χ2n) is 1.20. The monoisotopic (exact) mass is 141 g/mol. The van der Waals surface area contributed by atoms with E-state index in [9.17, 15) is 0 Å². The zero-order valence-corrected chi connectivity index (χ0v) is 5.22. The Labute approximate surface area is 53.9 Å². The average Bonchev–Trinajstić information content (AvgIpc) is 1.69. The van der Waals surface area contributed by atoms with Crippen molar-refractivity contribution in [3.63, 3.8) is 0 Å². The van der Waals surface area contributed by atoms with Crippen molar-refractivity contribution in [2.75, 3.05) is 26.3 Å². The fraction of sp³-hybridized carbons (Fsp3) is 1.00. The van der Waals surface area contributed by atoms with Crippen molar-refractivity contribution < 1.29 is 21.2 Å². The van der Waals surface area contributed by atoms with E-state index in [-0.39, 0.29) is 24.2 Å². The Kier molecular flexibility index (Phi) is 27.7. The smallest absolute Gasteiger partial charge is 0.0555 e. The molecule has 0 fully saturated rings. The van der Waals surface area contributed by atoms with Gasteiger partial charge in [-0.2, -0.15) is 0 Å². The third-order valence-corrected chi connectivity index (χ3v) is 0.577. The number of hydrogen-bond donors (Lipinski definition) is 3. The molecule has 0 aromatic rings. The third kappa shape index (κ3) is 18.2. The first kappa shape index (κ1) is 15.9. The molecule has 0 aliphatic carbocycles. The minimum Gasteiger partial charge on any atom is -0.412 e. The molecule has 0 radical (unpaired) electrons. The van der Waals surface area contributed by atoms with Gasteiger partial charge in [0.25, 0.3) is 0 Å². The van der Waals surface area contributed by atoms with Crippen molar-refractivity contribution >= 4 is 0 Å². The molecular weight excluding hydrogens is 126 g/mol. The van der Waals surface area contributed by atoms with E-state index in [0.29, 0.717) is 13.1 Å². The predicted molar refractivity (Wildman–Crippen MR) is 34.3 cm³/mol. The van der Waals surface area contributed by atoms with Gasteiger partial charge in [0.15, 0.2) is 0 Å². The Hall–Kier alpha value is -0.200. The summed E-state index contributed by atoms with van der Waals surface area (Å²) < 4.78 is 0. The van der Waals surface area contributed by atoms with Crippen LogP contribution in [0.15, 0.2) is 0 Å². The summed E-state index contributed by atoms with van der Waals surface area (Å²) in [4.78, 5) is 0. The van der Waals surface area contributed by atoms with Gasteiger partial charge < -0.3 is 26.5 Å². The van der Waals surface area contributed by atoms with E-state index in [0.717, 1.165) is 0 Å². The quantitative estimate of drug-likeness (QED) is 0.360. The lowest BCUT2D eigenvalue weighted by Gasteiger charge is -1.94. The summed E-state index contributed by atoms with van der Waals surface area (Å²) >= 11 is 0. The van der Waals surface area contributed by atoms with Crippen LogP contribution in [0.1, 0.15) is 0 Å². The number of nitrogens with one attached hydrogen (secondary N) is 1. The fourth-order valence-corrected chi connectivity index (χ4v) is 0.283. The van der Waals surface area contributed by atoms with Gasteiger partial charge >= 0.3 is 0 Å². The van der Waals surface area contributed by atoms with Crippen molar-refractivity contribution in [2.45, 2.75) is 0 Å². The molecule has 9 heavy (non-hydrogen) atoms. The zero-order valence-electron chi connectivity index (χ0n) is 5.22. The summed E-state index contributed by atoms with van der Waals surface area (Å²) in [6, 6.07) is 0. The van der Waals surface area contributed by atoms with E-state index >= 15 is 0 Å². The standard InChI is InChI=1S/C4H11NO2.2H2O/c6-3-1-5-2-4-7;;/h5-7H,1-4H2;2*1H2. The van der Waals surface area contributed by atoms with E-state index in [2.05, 4.69) is 5.32 Å². The van der Waals surface area contributed by atoms with Crippen LogP contribution in [0.3, 0.4) is 0 Å². The van der Waals surface area contributed by atoms with Crippen LogP contribution in [-0.4, -0.2) is 47.5 Å². The van der Waals surface area contributed by atoms with Crippen molar-refractivity contribution in [2.24, 2.45) is 0 Å². The summed E-state index contributed by atoms with van der Waals surface area (Å²) in [7, 11) is 0. The Morgan fingerprint density at radius 3 is 1.44 bits per heavy atom. The highest BCUT2D eigenvalue weighted by Gasteiger charge is 1.78. The molecule has 0 saturated carbocycles. The van der Waals surface area contributed by atoms with Gasteiger partial charge in [-0.3, -0.25) is 0 Å². The minimum absolute atomic E-state index is 0. The molecule has 60 valence electrons. The number of aliphatic hydroxyl groups is 2. The summed E-state index contributed by atoms with van der Waals surface area (Å²) in [5.41, 5.74) is 0. The molecule has 5 nitrogen and oxygen atoms in total. The largest absolute Gasteiger partial charge is 0.412 e. The van der Waals surface area contributed by atoms with E-state index in [1.807, 2.05) is 0 Å². The van der Waals surface area contributed by atoms with Gasteiger partial charge in [-0.25, -0.2) is 0 Å². The molecule has 0 atom stereocenters. The molecule has 0 bridgehead atoms. The summed E-state index contributed by atoms with van der Waals surface area (Å²) in [5.74, 6) is 0. The highest BCUT2D eigenvalue weighted by molar-refractivity contribution is 4.39. The molecule has 0 amide bonds. The molecule has 0 aromatic carbocycles.